The van der Waals surface area contributed by atoms with E-state index in [-0.39, 0.29) is 29.1 Å². The smallest absolute Gasteiger partial charge is 0.264 e. The molecule has 3 aromatic rings. The van der Waals surface area contributed by atoms with Crippen molar-refractivity contribution in [2.75, 3.05) is 24.1 Å². The van der Waals surface area contributed by atoms with Gasteiger partial charge in [-0.2, -0.15) is 0 Å². The first-order chi connectivity index (χ1) is 19.6. The highest BCUT2D eigenvalue weighted by Gasteiger charge is 2.33. The lowest BCUT2D eigenvalue weighted by molar-refractivity contribution is -0.139. The van der Waals surface area contributed by atoms with E-state index in [0.717, 1.165) is 4.31 Å². The monoisotopic (exact) mass is 599 g/mol. The van der Waals surface area contributed by atoms with Gasteiger partial charge in [-0.1, -0.05) is 54.9 Å². The molecule has 2 atom stereocenters. The molecule has 0 bridgehead atoms. The van der Waals surface area contributed by atoms with E-state index in [1.165, 1.54) is 17.0 Å². The maximum atomic E-state index is 14.1. The highest BCUT2D eigenvalue weighted by Crippen LogP contribution is 2.36. The molecule has 3 aromatic carbocycles. The summed E-state index contributed by atoms with van der Waals surface area (Å²) in [6.07, 6.45) is 0.712. The molecule has 0 fully saturated rings. The number of amides is 2. The minimum absolute atomic E-state index is 0.00790. The molecule has 0 saturated carbocycles. The molecule has 0 aliphatic carbocycles. The first-order valence-corrected chi connectivity index (χ1v) is 15.2. The second-order valence-corrected chi connectivity index (χ2v) is 12.0. The second-order valence-electron chi connectivity index (χ2n) is 9.76. The fraction of sp³-hybridized carbons (Fsp3) is 0.333. The van der Waals surface area contributed by atoms with E-state index >= 15 is 0 Å². The molecular weight excluding hydrogens is 566 g/mol. The Morgan fingerprint density at radius 1 is 0.951 bits per heavy atom. The Kier molecular flexibility index (Phi) is 9.77. The zero-order chi connectivity index (χ0) is 29.6. The molecule has 41 heavy (non-hydrogen) atoms. The van der Waals surface area contributed by atoms with Crippen molar-refractivity contribution in [3.8, 4) is 11.5 Å². The van der Waals surface area contributed by atoms with Crippen molar-refractivity contribution >= 4 is 39.1 Å². The van der Waals surface area contributed by atoms with Gasteiger partial charge in [0.15, 0.2) is 11.5 Å². The average Bonchev–Trinajstić information content (AvgIpc) is 2.99. The van der Waals surface area contributed by atoms with E-state index in [9.17, 15) is 18.0 Å². The summed E-state index contributed by atoms with van der Waals surface area (Å²) in [5, 5.41) is 3.34. The normalized spacial score (nSPS) is 14.0. The molecule has 0 spiro atoms. The Balaban J connectivity index is 1.73. The lowest BCUT2D eigenvalue weighted by Gasteiger charge is -2.33. The van der Waals surface area contributed by atoms with Gasteiger partial charge in [-0.25, -0.2) is 8.42 Å². The number of ether oxygens (including phenoxy) is 2. The number of benzene rings is 3. The van der Waals surface area contributed by atoms with Crippen LogP contribution in [-0.2, 0) is 26.2 Å². The number of halogens is 1. The molecule has 11 heteroatoms. The van der Waals surface area contributed by atoms with E-state index in [0.29, 0.717) is 41.7 Å². The lowest BCUT2D eigenvalue weighted by Crippen LogP contribution is -2.52. The molecule has 0 saturated heterocycles. The maximum Gasteiger partial charge on any atom is 0.264 e. The lowest BCUT2D eigenvalue weighted by atomic mass is 10.1. The number of nitrogens with zero attached hydrogens (tertiary/aromatic N) is 2. The molecular formula is C30H34ClN3O6S. The molecule has 218 valence electrons. The van der Waals surface area contributed by atoms with Gasteiger partial charge in [0.2, 0.25) is 11.8 Å². The van der Waals surface area contributed by atoms with Crippen LogP contribution >= 0.6 is 11.6 Å². The quantitative estimate of drug-likeness (QED) is 0.344. The zero-order valence-electron chi connectivity index (χ0n) is 23.2. The molecule has 0 radical (unpaired) electrons. The van der Waals surface area contributed by atoms with Gasteiger partial charge in [0.05, 0.1) is 10.6 Å². The van der Waals surface area contributed by atoms with Crippen molar-refractivity contribution in [3.05, 3.63) is 83.4 Å². The summed E-state index contributed by atoms with van der Waals surface area (Å²) in [4.78, 5) is 28.6. The summed E-state index contributed by atoms with van der Waals surface area (Å²) >= 11 is 6.42. The molecule has 1 aliphatic rings. The van der Waals surface area contributed by atoms with Crippen LogP contribution < -0.4 is 19.1 Å². The number of hydrogen-bond donors (Lipinski definition) is 1. The number of carbonyl (C=O) groups is 2. The SMILES string of the molecule is CC[C@@H](C)NC(=O)[C@@H](C)N(Cc1ccccc1Cl)C(=O)CN(c1ccc2c(c1)OCCO2)S(=O)(=O)c1ccccc1. The minimum Gasteiger partial charge on any atom is -0.486 e. The standard InChI is InChI=1S/C30H34ClN3O6S/c1-4-21(2)32-30(36)22(3)33(19-23-10-8-9-13-26(23)31)29(35)20-34(41(37,38)25-11-6-5-7-12-25)24-14-15-27-28(18-24)40-17-16-39-27/h5-15,18,21-22H,4,16-17,19-20H2,1-3H3,(H,32,36)/t21-,22-/m1/s1. The summed E-state index contributed by atoms with van der Waals surface area (Å²) in [7, 11) is -4.20. The highest BCUT2D eigenvalue weighted by atomic mass is 35.5. The summed E-state index contributed by atoms with van der Waals surface area (Å²) in [5.41, 5.74) is 0.850. The molecule has 9 nitrogen and oxygen atoms in total. The largest absolute Gasteiger partial charge is 0.486 e. The van der Waals surface area contributed by atoms with Gasteiger partial charge in [-0.15, -0.1) is 0 Å². The number of sulfonamides is 1. The molecule has 1 aliphatic heterocycles. The fourth-order valence-corrected chi connectivity index (χ4v) is 5.92. The van der Waals surface area contributed by atoms with Crippen molar-refractivity contribution in [1.82, 2.24) is 10.2 Å². The Labute approximate surface area is 246 Å². The minimum atomic E-state index is -4.20. The Bertz CT molecular complexity index is 1480. The van der Waals surface area contributed by atoms with Crippen LogP contribution in [-0.4, -0.2) is 57.0 Å². The third-order valence-corrected chi connectivity index (χ3v) is 9.05. The number of fused-ring (bicyclic) bond motifs is 1. The van der Waals surface area contributed by atoms with Crippen molar-refractivity contribution in [2.24, 2.45) is 0 Å². The molecule has 1 heterocycles. The fourth-order valence-electron chi connectivity index (χ4n) is 4.29. The average molecular weight is 600 g/mol. The van der Waals surface area contributed by atoms with E-state index in [4.69, 9.17) is 21.1 Å². The Morgan fingerprint density at radius 2 is 1.61 bits per heavy atom. The number of rotatable bonds is 11. The highest BCUT2D eigenvalue weighted by molar-refractivity contribution is 7.92. The number of carbonyl (C=O) groups excluding carboxylic acids is 2. The van der Waals surface area contributed by atoms with Crippen LogP contribution in [0.3, 0.4) is 0 Å². The van der Waals surface area contributed by atoms with Crippen LogP contribution in [0.15, 0.2) is 77.7 Å². The predicted octanol–water partition coefficient (Wildman–Crippen LogP) is 4.64. The van der Waals surface area contributed by atoms with Crippen molar-refractivity contribution in [2.45, 2.75) is 50.7 Å². The van der Waals surface area contributed by atoms with Crippen LogP contribution in [0.4, 0.5) is 5.69 Å². The van der Waals surface area contributed by atoms with Gasteiger partial charge in [0.25, 0.3) is 10.0 Å². The maximum absolute atomic E-state index is 14.1. The molecule has 0 aromatic heterocycles. The zero-order valence-corrected chi connectivity index (χ0v) is 24.8. The molecule has 2 amide bonds. The topological polar surface area (TPSA) is 105 Å². The first kappa shape index (κ1) is 30.2. The first-order valence-electron chi connectivity index (χ1n) is 13.4. The van der Waals surface area contributed by atoms with Gasteiger partial charge in [0.1, 0.15) is 25.8 Å². The van der Waals surface area contributed by atoms with Crippen molar-refractivity contribution < 1.29 is 27.5 Å². The van der Waals surface area contributed by atoms with Gasteiger partial charge in [-0.3, -0.25) is 13.9 Å². The van der Waals surface area contributed by atoms with Gasteiger partial charge in [0, 0.05) is 23.7 Å². The summed E-state index contributed by atoms with van der Waals surface area (Å²) < 4.78 is 40.2. The summed E-state index contributed by atoms with van der Waals surface area (Å²) in [5.74, 6) is -0.0644. The van der Waals surface area contributed by atoms with Crippen LogP contribution in [0.25, 0.3) is 0 Å². The van der Waals surface area contributed by atoms with E-state index in [1.807, 2.05) is 13.8 Å². The van der Waals surface area contributed by atoms with E-state index in [1.54, 1.807) is 67.6 Å². The van der Waals surface area contributed by atoms with Crippen LogP contribution in [0, 0.1) is 0 Å². The number of nitrogens with one attached hydrogen (secondary N) is 1. The van der Waals surface area contributed by atoms with Gasteiger partial charge >= 0.3 is 0 Å². The van der Waals surface area contributed by atoms with Crippen molar-refractivity contribution in [1.29, 1.82) is 0 Å². The van der Waals surface area contributed by atoms with Crippen molar-refractivity contribution in [3.63, 3.8) is 0 Å². The third-order valence-electron chi connectivity index (χ3n) is 6.89. The molecule has 4 rings (SSSR count). The molecule has 0 unspecified atom stereocenters. The molecule has 1 N–H and O–H groups in total. The summed E-state index contributed by atoms with van der Waals surface area (Å²) in [6, 6.07) is 18.6. The van der Waals surface area contributed by atoms with Crippen LogP contribution in [0.5, 0.6) is 11.5 Å². The second kappa shape index (κ2) is 13.3. The third kappa shape index (κ3) is 7.12. The Morgan fingerprint density at radius 3 is 2.29 bits per heavy atom. The van der Waals surface area contributed by atoms with E-state index < -0.39 is 28.5 Å². The van der Waals surface area contributed by atoms with Gasteiger partial charge < -0.3 is 19.7 Å². The van der Waals surface area contributed by atoms with Crippen LogP contribution in [0.1, 0.15) is 32.8 Å². The van der Waals surface area contributed by atoms with Crippen LogP contribution in [0.2, 0.25) is 5.02 Å². The van der Waals surface area contributed by atoms with E-state index in [2.05, 4.69) is 5.32 Å². The predicted molar refractivity (Wildman–Crippen MR) is 158 cm³/mol. The number of hydrogen-bond acceptors (Lipinski definition) is 6. The Hall–Kier alpha value is -3.76. The summed E-state index contributed by atoms with van der Waals surface area (Å²) in [6.45, 7) is 5.57. The number of anilines is 1. The van der Waals surface area contributed by atoms with Gasteiger partial charge in [-0.05, 0) is 56.2 Å².